The van der Waals surface area contributed by atoms with E-state index in [-0.39, 0.29) is 4.90 Å². The van der Waals surface area contributed by atoms with Crippen molar-refractivity contribution >= 4 is 44.2 Å². The first-order chi connectivity index (χ1) is 19.5. The highest BCUT2D eigenvalue weighted by atomic mass is 32.2. The van der Waals surface area contributed by atoms with Gasteiger partial charge < -0.3 is 4.98 Å². The monoisotopic (exact) mass is 562 g/mol. The number of nitrogens with zero attached hydrogens (tertiary/aromatic N) is 1. The molecule has 0 bridgehead atoms. The van der Waals surface area contributed by atoms with E-state index < -0.39 is 17.3 Å². The molecule has 1 heterocycles. The molecule has 0 saturated carbocycles. The van der Waals surface area contributed by atoms with Gasteiger partial charge in [0.2, 0.25) is 10.0 Å². The minimum absolute atomic E-state index is 0.249. The first kappa shape index (κ1) is 26.1. The van der Waals surface area contributed by atoms with Crippen molar-refractivity contribution < 1.29 is 8.42 Å². The fourth-order valence-corrected chi connectivity index (χ4v) is 10.4. The number of imidazole rings is 1. The summed E-state index contributed by atoms with van der Waals surface area (Å²) in [6, 6.07) is 45.1. The standard InChI is InChI=1S/C33H29N3O2PS/c1-34-40(37,38)32-20-12-11-19-29(32)25-21-22-30-31(23-25)36-33(35-30)24-39(26-13-5-2-6-14-26,27-15-7-3-8-16-27)28-17-9-4-10-18-28/h2-23,34H,24H2,1H3,(H,35,36)/q+1. The summed E-state index contributed by atoms with van der Waals surface area (Å²) in [7, 11) is -4.30. The Morgan fingerprint density at radius 2 is 1.23 bits per heavy atom. The van der Waals surface area contributed by atoms with Crippen LogP contribution in [-0.2, 0) is 16.2 Å². The van der Waals surface area contributed by atoms with Gasteiger partial charge in [-0.1, -0.05) is 78.9 Å². The van der Waals surface area contributed by atoms with Crippen LogP contribution in [0, 0.1) is 0 Å². The van der Waals surface area contributed by atoms with E-state index in [9.17, 15) is 8.42 Å². The molecule has 1 aromatic heterocycles. The summed E-state index contributed by atoms with van der Waals surface area (Å²) >= 11 is 0. The number of nitrogens with one attached hydrogen (secondary N) is 2. The average Bonchev–Trinajstić information content (AvgIpc) is 3.43. The molecule has 0 unspecified atom stereocenters. The highest BCUT2D eigenvalue weighted by molar-refractivity contribution is 7.95. The van der Waals surface area contributed by atoms with Gasteiger partial charge in [-0.15, -0.1) is 0 Å². The van der Waals surface area contributed by atoms with Gasteiger partial charge in [-0.25, -0.2) is 18.1 Å². The molecule has 0 saturated heterocycles. The molecule has 7 heteroatoms. The van der Waals surface area contributed by atoms with Gasteiger partial charge in [-0.2, -0.15) is 0 Å². The number of H-pyrrole nitrogens is 1. The van der Waals surface area contributed by atoms with Crippen molar-refractivity contribution in [2.75, 3.05) is 7.05 Å². The SMILES string of the molecule is CNS(=O)(=O)c1ccccc1-c1ccc2nc(C[P+](c3ccccc3)(c3ccccc3)c3ccccc3)[nH]c2c1. The van der Waals surface area contributed by atoms with Gasteiger partial charge in [-0.3, -0.25) is 0 Å². The fraction of sp³-hybridized carbons (Fsp3) is 0.0606. The molecule has 0 spiro atoms. The van der Waals surface area contributed by atoms with Gasteiger partial charge in [0.05, 0.1) is 15.9 Å². The zero-order valence-corrected chi connectivity index (χ0v) is 23.7. The molecular weight excluding hydrogens is 533 g/mol. The van der Waals surface area contributed by atoms with Crippen molar-refractivity contribution in [1.29, 1.82) is 0 Å². The summed E-state index contributed by atoms with van der Waals surface area (Å²) in [6.07, 6.45) is 0.722. The third-order valence-corrected chi connectivity index (χ3v) is 13.1. The van der Waals surface area contributed by atoms with E-state index in [2.05, 4.69) is 101 Å². The van der Waals surface area contributed by atoms with Crippen LogP contribution in [0.1, 0.15) is 5.82 Å². The minimum Gasteiger partial charge on any atom is -0.339 e. The van der Waals surface area contributed by atoms with Gasteiger partial charge in [-0.05, 0) is 67.2 Å². The molecule has 198 valence electrons. The topological polar surface area (TPSA) is 74.8 Å². The molecule has 6 aromatic rings. The van der Waals surface area contributed by atoms with E-state index in [1.807, 2.05) is 30.3 Å². The number of benzene rings is 5. The third kappa shape index (κ3) is 4.75. The average molecular weight is 563 g/mol. The number of aromatic nitrogens is 2. The lowest BCUT2D eigenvalue weighted by molar-refractivity contribution is 0.588. The van der Waals surface area contributed by atoms with E-state index in [4.69, 9.17) is 4.98 Å². The maximum Gasteiger partial charge on any atom is 0.240 e. The summed E-state index contributed by atoms with van der Waals surface area (Å²) in [6.45, 7) is 0. The van der Waals surface area contributed by atoms with Crippen LogP contribution in [0.5, 0.6) is 0 Å². The van der Waals surface area contributed by atoms with Crippen LogP contribution < -0.4 is 20.6 Å². The zero-order chi connectivity index (χ0) is 27.6. The summed E-state index contributed by atoms with van der Waals surface area (Å²) in [5.74, 6) is 0.896. The van der Waals surface area contributed by atoms with Crippen LogP contribution >= 0.6 is 7.26 Å². The van der Waals surface area contributed by atoms with E-state index >= 15 is 0 Å². The Hall–Kier alpha value is -4.09. The first-order valence-corrected chi connectivity index (χ1v) is 16.5. The van der Waals surface area contributed by atoms with Crippen LogP contribution in [-0.4, -0.2) is 25.4 Å². The van der Waals surface area contributed by atoms with Gasteiger partial charge in [0.15, 0.2) is 0 Å². The lowest BCUT2D eigenvalue weighted by Gasteiger charge is -2.26. The number of fused-ring (bicyclic) bond motifs is 1. The normalized spacial score (nSPS) is 12.0. The molecule has 0 aliphatic carbocycles. The maximum atomic E-state index is 12.7. The summed E-state index contributed by atoms with van der Waals surface area (Å²) in [5.41, 5.74) is 3.18. The lowest BCUT2D eigenvalue weighted by Crippen LogP contribution is -2.32. The number of hydrogen-bond donors (Lipinski definition) is 2. The Bertz CT molecular complexity index is 1780. The molecule has 5 aromatic carbocycles. The van der Waals surface area contributed by atoms with Crippen molar-refractivity contribution in [3.63, 3.8) is 0 Å². The molecule has 0 amide bonds. The zero-order valence-electron chi connectivity index (χ0n) is 22.0. The smallest absolute Gasteiger partial charge is 0.240 e. The summed E-state index contributed by atoms with van der Waals surface area (Å²) in [4.78, 5) is 8.88. The van der Waals surface area contributed by atoms with Crippen molar-refractivity contribution in [1.82, 2.24) is 14.7 Å². The van der Waals surface area contributed by atoms with Crippen LogP contribution in [0.4, 0.5) is 0 Å². The Kier molecular flexibility index (Phi) is 7.07. The van der Waals surface area contributed by atoms with Crippen molar-refractivity contribution in [2.45, 2.75) is 11.1 Å². The Morgan fingerprint density at radius 3 is 1.77 bits per heavy atom. The molecular formula is C33H29N3O2PS+. The number of rotatable bonds is 8. The molecule has 6 rings (SSSR count). The second-order valence-corrected chi connectivity index (χ2v) is 14.9. The van der Waals surface area contributed by atoms with E-state index in [1.165, 1.54) is 23.0 Å². The van der Waals surface area contributed by atoms with Gasteiger partial charge >= 0.3 is 0 Å². The van der Waals surface area contributed by atoms with E-state index in [1.54, 1.807) is 12.1 Å². The van der Waals surface area contributed by atoms with E-state index in [0.29, 0.717) is 5.56 Å². The first-order valence-electron chi connectivity index (χ1n) is 13.1. The molecule has 2 N–H and O–H groups in total. The molecule has 0 radical (unpaired) electrons. The molecule has 0 aliphatic heterocycles. The summed E-state index contributed by atoms with van der Waals surface area (Å²) < 4.78 is 27.8. The maximum absolute atomic E-state index is 12.7. The number of sulfonamides is 1. The van der Waals surface area contributed by atoms with Gasteiger partial charge in [0, 0.05) is 5.56 Å². The van der Waals surface area contributed by atoms with E-state index in [0.717, 1.165) is 28.6 Å². The van der Waals surface area contributed by atoms with Crippen LogP contribution in [0.15, 0.2) is 138 Å². The molecule has 0 aliphatic rings. The molecule has 40 heavy (non-hydrogen) atoms. The van der Waals surface area contributed by atoms with Crippen molar-refractivity contribution in [2.24, 2.45) is 0 Å². The lowest BCUT2D eigenvalue weighted by atomic mass is 10.1. The quantitative estimate of drug-likeness (QED) is 0.236. The predicted octanol–water partition coefficient (Wildman–Crippen LogP) is 5.63. The number of aromatic amines is 1. The largest absolute Gasteiger partial charge is 0.339 e. The Morgan fingerprint density at radius 1 is 0.700 bits per heavy atom. The van der Waals surface area contributed by atoms with Crippen LogP contribution in [0.25, 0.3) is 22.2 Å². The summed E-state index contributed by atoms with van der Waals surface area (Å²) in [5, 5.41) is 3.87. The molecule has 0 fully saturated rings. The van der Waals surface area contributed by atoms with Crippen molar-refractivity contribution in [3.8, 4) is 11.1 Å². The highest BCUT2D eigenvalue weighted by Crippen LogP contribution is 2.57. The number of hydrogen-bond acceptors (Lipinski definition) is 3. The fourth-order valence-electron chi connectivity index (χ4n) is 5.35. The van der Waals surface area contributed by atoms with Crippen molar-refractivity contribution in [3.05, 3.63) is 139 Å². The Balaban J connectivity index is 1.50. The second kappa shape index (κ2) is 10.8. The van der Waals surface area contributed by atoms with Crippen LogP contribution in [0.2, 0.25) is 0 Å². The Labute approximate surface area is 235 Å². The van der Waals surface area contributed by atoms with Crippen LogP contribution in [0.3, 0.4) is 0 Å². The van der Waals surface area contributed by atoms with Gasteiger partial charge in [0.25, 0.3) is 0 Å². The minimum atomic E-state index is -3.61. The van der Waals surface area contributed by atoms with Gasteiger partial charge in [0.1, 0.15) is 35.2 Å². The second-order valence-electron chi connectivity index (χ2n) is 9.59. The highest BCUT2D eigenvalue weighted by Gasteiger charge is 2.46. The molecule has 0 atom stereocenters. The predicted molar refractivity (Wildman–Crippen MR) is 167 cm³/mol. The molecule has 5 nitrogen and oxygen atoms in total. The third-order valence-electron chi connectivity index (χ3n) is 7.27.